The van der Waals surface area contributed by atoms with Crippen molar-refractivity contribution in [3.8, 4) is 0 Å². The lowest BCUT2D eigenvalue weighted by Gasteiger charge is -2.37. The van der Waals surface area contributed by atoms with Gasteiger partial charge < -0.3 is 15.2 Å². The van der Waals surface area contributed by atoms with Gasteiger partial charge in [-0.1, -0.05) is 13.8 Å². The standard InChI is InChI=1S/C15H27NO3/c1-11-3-4-13(9-12(11)2)19-14(17)15(10-16)5-7-18-8-6-15/h11-13H,3-10,16H2,1-2H3. The summed E-state index contributed by atoms with van der Waals surface area (Å²) in [7, 11) is 0. The first-order chi connectivity index (χ1) is 9.07. The molecular weight excluding hydrogens is 242 g/mol. The van der Waals surface area contributed by atoms with Gasteiger partial charge >= 0.3 is 5.97 Å². The molecule has 4 heteroatoms. The zero-order valence-corrected chi connectivity index (χ0v) is 12.2. The quantitative estimate of drug-likeness (QED) is 0.797. The van der Waals surface area contributed by atoms with Gasteiger partial charge in [0.05, 0.1) is 5.41 Å². The summed E-state index contributed by atoms with van der Waals surface area (Å²) < 4.78 is 11.1. The van der Waals surface area contributed by atoms with Gasteiger partial charge in [0.15, 0.2) is 0 Å². The van der Waals surface area contributed by atoms with E-state index in [9.17, 15) is 4.79 Å². The molecule has 2 rings (SSSR count). The Balaban J connectivity index is 1.92. The van der Waals surface area contributed by atoms with Crippen LogP contribution in [0.15, 0.2) is 0 Å². The summed E-state index contributed by atoms with van der Waals surface area (Å²) in [6, 6.07) is 0. The van der Waals surface area contributed by atoms with E-state index in [1.807, 2.05) is 0 Å². The fourth-order valence-corrected chi connectivity index (χ4v) is 3.14. The minimum absolute atomic E-state index is 0.0879. The molecule has 0 amide bonds. The Labute approximate surface area is 116 Å². The van der Waals surface area contributed by atoms with Crippen LogP contribution in [0.4, 0.5) is 0 Å². The minimum atomic E-state index is -0.495. The van der Waals surface area contributed by atoms with E-state index in [2.05, 4.69) is 13.8 Å². The molecule has 0 aromatic carbocycles. The van der Waals surface area contributed by atoms with Crippen molar-refractivity contribution in [2.24, 2.45) is 23.0 Å². The number of rotatable bonds is 3. The number of nitrogens with two attached hydrogens (primary N) is 1. The molecule has 0 radical (unpaired) electrons. The van der Waals surface area contributed by atoms with Crippen LogP contribution in [0, 0.1) is 17.3 Å². The van der Waals surface area contributed by atoms with E-state index < -0.39 is 5.41 Å². The van der Waals surface area contributed by atoms with Gasteiger partial charge in [-0.05, 0) is 43.9 Å². The smallest absolute Gasteiger partial charge is 0.313 e. The number of esters is 1. The first-order valence-electron chi connectivity index (χ1n) is 7.56. The Morgan fingerprint density at radius 2 is 1.95 bits per heavy atom. The van der Waals surface area contributed by atoms with Crippen LogP contribution in [0.5, 0.6) is 0 Å². The highest BCUT2D eigenvalue weighted by Crippen LogP contribution is 2.35. The fraction of sp³-hybridized carbons (Fsp3) is 0.933. The highest BCUT2D eigenvalue weighted by molar-refractivity contribution is 5.77. The molecule has 4 nitrogen and oxygen atoms in total. The van der Waals surface area contributed by atoms with Crippen molar-refractivity contribution in [2.75, 3.05) is 19.8 Å². The number of carbonyl (C=O) groups is 1. The van der Waals surface area contributed by atoms with E-state index >= 15 is 0 Å². The van der Waals surface area contributed by atoms with Crippen molar-refractivity contribution in [3.63, 3.8) is 0 Å². The molecule has 2 N–H and O–H groups in total. The zero-order chi connectivity index (χ0) is 13.9. The molecule has 0 aromatic heterocycles. The topological polar surface area (TPSA) is 61.5 Å². The summed E-state index contributed by atoms with van der Waals surface area (Å²) in [5.41, 5.74) is 5.34. The number of hydrogen-bond donors (Lipinski definition) is 1. The Bertz CT molecular complexity index is 313. The van der Waals surface area contributed by atoms with Gasteiger partial charge in [0.25, 0.3) is 0 Å². The molecule has 0 spiro atoms. The molecule has 0 bridgehead atoms. The molecule has 1 saturated heterocycles. The molecule has 1 saturated carbocycles. The van der Waals surface area contributed by atoms with E-state index in [0.717, 1.165) is 25.2 Å². The Hall–Kier alpha value is -0.610. The maximum Gasteiger partial charge on any atom is 0.313 e. The average Bonchev–Trinajstić information content (AvgIpc) is 2.43. The van der Waals surface area contributed by atoms with E-state index in [0.29, 0.717) is 38.5 Å². The van der Waals surface area contributed by atoms with Gasteiger partial charge in [0.2, 0.25) is 0 Å². The van der Waals surface area contributed by atoms with Crippen molar-refractivity contribution < 1.29 is 14.3 Å². The third-order valence-electron chi connectivity index (χ3n) is 5.10. The van der Waals surface area contributed by atoms with E-state index in [-0.39, 0.29) is 12.1 Å². The van der Waals surface area contributed by atoms with Crippen LogP contribution in [0.25, 0.3) is 0 Å². The Morgan fingerprint density at radius 3 is 2.53 bits per heavy atom. The third kappa shape index (κ3) is 3.29. The van der Waals surface area contributed by atoms with Crippen molar-refractivity contribution in [3.05, 3.63) is 0 Å². The van der Waals surface area contributed by atoms with Gasteiger partial charge in [-0.15, -0.1) is 0 Å². The highest BCUT2D eigenvalue weighted by atomic mass is 16.5. The van der Waals surface area contributed by atoms with E-state index in [1.54, 1.807) is 0 Å². The van der Waals surface area contributed by atoms with Crippen LogP contribution >= 0.6 is 0 Å². The molecule has 3 unspecified atom stereocenters. The molecule has 3 atom stereocenters. The van der Waals surface area contributed by atoms with E-state index in [1.165, 1.54) is 0 Å². The van der Waals surface area contributed by atoms with Crippen LogP contribution in [-0.2, 0) is 14.3 Å². The summed E-state index contributed by atoms with van der Waals surface area (Å²) in [5.74, 6) is 1.28. The van der Waals surface area contributed by atoms with Gasteiger partial charge in [-0.2, -0.15) is 0 Å². The summed E-state index contributed by atoms with van der Waals surface area (Å²) in [6.07, 6.45) is 4.61. The lowest BCUT2D eigenvalue weighted by molar-refractivity contribution is -0.169. The third-order valence-corrected chi connectivity index (χ3v) is 5.10. The molecule has 2 aliphatic rings. The molecule has 1 heterocycles. The maximum absolute atomic E-state index is 12.4. The normalized spacial score (nSPS) is 34.8. The molecule has 2 fully saturated rings. The van der Waals surface area contributed by atoms with Crippen molar-refractivity contribution >= 4 is 5.97 Å². The molecule has 19 heavy (non-hydrogen) atoms. The van der Waals surface area contributed by atoms with Crippen LogP contribution < -0.4 is 5.73 Å². The van der Waals surface area contributed by atoms with Crippen LogP contribution in [0.3, 0.4) is 0 Å². The van der Waals surface area contributed by atoms with Crippen molar-refractivity contribution in [1.29, 1.82) is 0 Å². The highest BCUT2D eigenvalue weighted by Gasteiger charge is 2.42. The van der Waals surface area contributed by atoms with Crippen LogP contribution in [0.2, 0.25) is 0 Å². The van der Waals surface area contributed by atoms with Crippen LogP contribution in [-0.4, -0.2) is 31.8 Å². The second kappa shape index (κ2) is 6.23. The fourth-order valence-electron chi connectivity index (χ4n) is 3.14. The molecule has 0 aromatic rings. The predicted octanol–water partition coefficient (Wildman–Crippen LogP) is 2.11. The molecule has 1 aliphatic carbocycles. The second-order valence-corrected chi connectivity index (χ2v) is 6.39. The summed E-state index contributed by atoms with van der Waals surface area (Å²) >= 11 is 0. The lowest BCUT2D eigenvalue weighted by atomic mass is 9.78. The molecule has 110 valence electrons. The van der Waals surface area contributed by atoms with Gasteiger partial charge in [-0.3, -0.25) is 4.79 Å². The van der Waals surface area contributed by atoms with Gasteiger partial charge in [0.1, 0.15) is 6.10 Å². The van der Waals surface area contributed by atoms with Gasteiger partial charge in [0, 0.05) is 19.8 Å². The monoisotopic (exact) mass is 269 g/mol. The van der Waals surface area contributed by atoms with E-state index in [4.69, 9.17) is 15.2 Å². The first kappa shape index (κ1) is 14.8. The number of carbonyl (C=O) groups excluding carboxylic acids is 1. The minimum Gasteiger partial charge on any atom is -0.462 e. The summed E-state index contributed by atoms with van der Waals surface area (Å²) in [6.45, 7) is 6.13. The Kier molecular flexibility index (Phi) is 4.85. The molecule has 1 aliphatic heterocycles. The Morgan fingerprint density at radius 1 is 1.26 bits per heavy atom. The van der Waals surface area contributed by atoms with Crippen LogP contribution in [0.1, 0.15) is 46.0 Å². The summed E-state index contributed by atoms with van der Waals surface area (Å²) in [4.78, 5) is 12.4. The zero-order valence-electron chi connectivity index (χ0n) is 12.2. The van der Waals surface area contributed by atoms with Crippen molar-refractivity contribution in [2.45, 2.75) is 52.1 Å². The number of hydrogen-bond acceptors (Lipinski definition) is 4. The largest absolute Gasteiger partial charge is 0.462 e. The van der Waals surface area contributed by atoms with Gasteiger partial charge in [-0.25, -0.2) is 0 Å². The summed E-state index contributed by atoms with van der Waals surface area (Å²) in [5, 5.41) is 0. The number of ether oxygens (including phenoxy) is 2. The molecular formula is C15H27NO3. The SMILES string of the molecule is CC1CCC(OC(=O)C2(CN)CCOCC2)CC1C. The first-order valence-corrected chi connectivity index (χ1v) is 7.56. The average molecular weight is 269 g/mol. The second-order valence-electron chi connectivity index (χ2n) is 6.39. The van der Waals surface area contributed by atoms with Crippen molar-refractivity contribution in [1.82, 2.24) is 0 Å². The lowest BCUT2D eigenvalue weighted by Crippen LogP contribution is -2.46. The maximum atomic E-state index is 12.4. The predicted molar refractivity (Wildman–Crippen MR) is 73.6 cm³/mol.